The zero-order valence-corrected chi connectivity index (χ0v) is 12.6. The van der Waals surface area contributed by atoms with E-state index < -0.39 is 4.92 Å². The maximum atomic E-state index is 10.7. The molecule has 0 aliphatic carbocycles. The first-order chi connectivity index (χ1) is 11.2. The van der Waals surface area contributed by atoms with Gasteiger partial charge in [-0.1, -0.05) is 6.42 Å². The van der Waals surface area contributed by atoms with Gasteiger partial charge in [-0.3, -0.25) is 15.0 Å². The molecule has 0 spiro atoms. The van der Waals surface area contributed by atoms with E-state index in [-0.39, 0.29) is 18.3 Å². The molecule has 1 saturated heterocycles. The zero-order valence-electron chi connectivity index (χ0n) is 12.6. The summed E-state index contributed by atoms with van der Waals surface area (Å²) in [7, 11) is 0. The first-order valence-electron chi connectivity index (χ1n) is 7.59. The number of aliphatic hydroxyl groups is 1. The number of non-ortho nitro benzene ring substituents is 1. The Bertz CT molecular complexity index is 670. The molecule has 122 valence electrons. The molecule has 1 aliphatic rings. The molecule has 8 nitrogen and oxygen atoms in total. The van der Waals surface area contributed by atoms with Crippen molar-refractivity contribution in [2.24, 2.45) is 0 Å². The molecule has 0 bridgehead atoms. The summed E-state index contributed by atoms with van der Waals surface area (Å²) in [4.78, 5) is 12.4. The Morgan fingerprint density at radius 3 is 2.78 bits per heavy atom. The molecule has 3 rings (SSSR count). The average molecular weight is 318 g/mol. The highest BCUT2D eigenvalue weighted by molar-refractivity contribution is 5.55. The summed E-state index contributed by atoms with van der Waals surface area (Å²) in [6.07, 6.45) is 3.19. The molecule has 2 heterocycles. The maximum absolute atomic E-state index is 10.7. The van der Waals surface area contributed by atoms with E-state index in [4.69, 9.17) is 4.42 Å². The second-order valence-electron chi connectivity index (χ2n) is 5.61. The molecular weight excluding hydrogens is 300 g/mol. The molecule has 1 fully saturated rings. The van der Waals surface area contributed by atoms with E-state index in [2.05, 4.69) is 15.1 Å². The van der Waals surface area contributed by atoms with Gasteiger partial charge in [0.1, 0.15) is 0 Å². The van der Waals surface area contributed by atoms with Gasteiger partial charge in [0.2, 0.25) is 11.8 Å². The molecule has 1 N–H and O–H groups in total. The van der Waals surface area contributed by atoms with E-state index in [1.165, 1.54) is 12.1 Å². The van der Waals surface area contributed by atoms with Crippen LogP contribution < -0.4 is 0 Å². The highest BCUT2D eigenvalue weighted by Gasteiger charge is 2.23. The van der Waals surface area contributed by atoms with Crippen LogP contribution in [0.1, 0.15) is 25.2 Å². The topological polar surface area (TPSA) is 106 Å². The lowest BCUT2D eigenvalue weighted by molar-refractivity contribution is -0.384. The Labute approximate surface area is 132 Å². The van der Waals surface area contributed by atoms with Crippen LogP contribution in [-0.4, -0.2) is 44.3 Å². The van der Waals surface area contributed by atoms with Crippen LogP contribution in [0.4, 0.5) is 5.69 Å². The summed E-state index contributed by atoms with van der Waals surface area (Å²) in [6, 6.07) is 6.13. The van der Waals surface area contributed by atoms with Crippen molar-refractivity contribution in [1.29, 1.82) is 0 Å². The predicted molar refractivity (Wildman–Crippen MR) is 81.5 cm³/mol. The molecule has 1 atom stereocenters. The Morgan fingerprint density at radius 1 is 1.30 bits per heavy atom. The summed E-state index contributed by atoms with van der Waals surface area (Å²) < 4.78 is 5.65. The Balaban J connectivity index is 1.71. The number of nitro benzene ring substituents is 1. The fourth-order valence-corrected chi connectivity index (χ4v) is 2.81. The van der Waals surface area contributed by atoms with Gasteiger partial charge >= 0.3 is 0 Å². The van der Waals surface area contributed by atoms with E-state index >= 15 is 0 Å². The third-order valence-electron chi connectivity index (χ3n) is 4.09. The number of piperidine rings is 1. The van der Waals surface area contributed by atoms with Crippen LogP contribution in [0.3, 0.4) is 0 Å². The standard InChI is InChI=1S/C15H18N4O4/c20-10-13-3-1-2-8-18(13)9-14-16-17-15(23-14)11-4-6-12(7-5-11)19(21)22/h4-7,13,20H,1-3,8-10H2. The molecule has 2 aromatic rings. The molecular formula is C15H18N4O4. The molecule has 23 heavy (non-hydrogen) atoms. The van der Waals surface area contributed by atoms with Crippen molar-refractivity contribution >= 4 is 5.69 Å². The molecule has 0 amide bonds. The first kappa shape index (κ1) is 15.6. The number of nitro groups is 1. The molecule has 1 aromatic heterocycles. The summed E-state index contributed by atoms with van der Waals surface area (Å²) in [5.74, 6) is 0.825. The van der Waals surface area contributed by atoms with Crippen LogP contribution in [0.15, 0.2) is 28.7 Å². The third-order valence-corrected chi connectivity index (χ3v) is 4.09. The Hall–Kier alpha value is -2.32. The van der Waals surface area contributed by atoms with Gasteiger partial charge in [-0.05, 0) is 31.5 Å². The highest BCUT2D eigenvalue weighted by atomic mass is 16.6. The van der Waals surface area contributed by atoms with Crippen molar-refractivity contribution in [1.82, 2.24) is 15.1 Å². The predicted octanol–water partition coefficient (Wildman–Crippen LogP) is 1.99. The monoisotopic (exact) mass is 318 g/mol. The Kier molecular flexibility index (Phi) is 4.63. The third kappa shape index (κ3) is 3.54. The minimum Gasteiger partial charge on any atom is -0.419 e. The molecule has 0 saturated carbocycles. The molecule has 1 aliphatic heterocycles. The lowest BCUT2D eigenvalue weighted by Crippen LogP contribution is -2.41. The summed E-state index contributed by atoms with van der Waals surface area (Å²) >= 11 is 0. The molecule has 0 radical (unpaired) electrons. The van der Waals surface area contributed by atoms with Crippen LogP contribution in [0, 0.1) is 10.1 Å². The van der Waals surface area contributed by atoms with E-state index in [1.54, 1.807) is 12.1 Å². The number of hydrogen-bond donors (Lipinski definition) is 1. The normalized spacial score (nSPS) is 18.9. The number of nitrogens with zero attached hydrogens (tertiary/aromatic N) is 4. The van der Waals surface area contributed by atoms with Gasteiger partial charge in [0.05, 0.1) is 18.1 Å². The van der Waals surface area contributed by atoms with Crippen LogP contribution in [-0.2, 0) is 6.54 Å². The van der Waals surface area contributed by atoms with E-state index in [9.17, 15) is 15.2 Å². The number of hydrogen-bond acceptors (Lipinski definition) is 7. The van der Waals surface area contributed by atoms with E-state index in [0.29, 0.717) is 23.9 Å². The smallest absolute Gasteiger partial charge is 0.269 e. The van der Waals surface area contributed by atoms with Crippen molar-refractivity contribution in [3.05, 3.63) is 40.3 Å². The lowest BCUT2D eigenvalue weighted by Gasteiger charge is -2.33. The summed E-state index contributed by atoms with van der Waals surface area (Å²) in [5, 5.41) is 28.1. The van der Waals surface area contributed by atoms with Gasteiger partial charge < -0.3 is 9.52 Å². The van der Waals surface area contributed by atoms with Crippen LogP contribution >= 0.6 is 0 Å². The SMILES string of the molecule is O=[N+]([O-])c1ccc(-c2nnc(CN3CCCCC3CO)o2)cc1. The second kappa shape index (κ2) is 6.84. The van der Waals surface area contributed by atoms with Crippen LogP contribution in [0.25, 0.3) is 11.5 Å². The summed E-state index contributed by atoms with van der Waals surface area (Å²) in [6.45, 7) is 1.54. The fourth-order valence-electron chi connectivity index (χ4n) is 2.81. The average Bonchev–Trinajstić information content (AvgIpc) is 3.04. The zero-order chi connectivity index (χ0) is 16.2. The van der Waals surface area contributed by atoms with Gasteiger partial charge in [-0.25, -0.2) is 0 Å². The van der Waals surface area contributed by atoms with E-state index in [0.717, 1.165) is 25.8 Å². The number of likely N-dealkylation sites (tertiary alicyclic amines) is 1. The number of benzene rings is 1. The number of aromatic nitrogens is 2. The van der Waals surface area contributed by atoms with E-state index in [1.807, 2.05) is 0 Å². The maximum Gasteiger partial charge on any atom is 0.269 e. The number of rotatable bonds is 5. The number of aliphatic hydroxyl groups excluding tert-OH is 1. The van der Waals surface area contributed by atoms with Crippen LogP contribution in [0.5, 0.6) is 0 Å². The fraction of sp³-hybridized carbons (Fsp3) is 0.467. The van der Waals surface area contributed by atoms with Crippen molar-refractivity contribution in [2.45, 2.75) is 31.8 Å². The van der Waals surface area contributed by atoms with Crippen LogP contribution in [0.2, 0.25) is 0 Å². The summed E-state index contributed by atoms with van der Waals surface area (Å²) in [5.41, 5.74) is 0.666. The second-order valence-corrected chi connectivity index (χ2v) is 5.61. The highest BCUT2D eigenvalue weighted by Crippen LogP contribution is 2.23. The van der Waals surface area contributed by atoms with Crippen molar-refractivity contribution in [3.8, 4) is 11.5 Å². The largest absolute Gasteiger partial charge is 0.419 e. The van der Waals surface area contributed by atoms with Gasteiger partial charge in [0.15, 0.2) is 0 Å². The molecule has 8 heteroatoms. The minimum absolute atomic E-state index is 0.0209. The quantitative estimate of drug-likeness (QED) is 0.663. The lowest BCUT2D eigenvalue weighted by atomic mass is 10.0. The molecule has 1 unspecified atom stereocenters. The van der Waals surface area contributed by atoms with Gasteiger partial charge in [-0.15, -0.1) is 10.2 Å². The van der Waals surface area contributed by atoms with Crippen molar-refractivity contribution < 1.29 is 14.4 Å². The minimum atomic E-state index is -0.450. The molecule has 1 aromatic carbocycles. The van der Waals surface area contributed by atoms with Gasteiger partial charge in [-0.2, -0.15) is 0 Å². The Morgan fingerprint density at radius 2 is 2.09 bits per heavy atom. The van der Waals surface area contributed by atoms with Gasteiger partial charge in [0, 0.05) is 23.7 Å². The van der Waals surface area contributed by atoms with Crippen molar-refractivity contribution in [2.75, 3.05) is 13.2 Å². The van der Waals surface area contributed by atoms with Crippen molar-refractivity contribution in [3.63, 3.8) is 0 Å². The first-order valence-corrected chi connectivity index (χ1v) is 7.59. The van der Waals surface area contributed by atoms with Gasteiger partial charge in [0.25, 0.3) is 5.69 Å².